The fourth-order valence-corrected chi connectivity index (χ4v) is 4.96. The number of allylic oxidation sites excluding steroid dienone is 2. The van der Waals surface area contributed by atoms with E-state index in [4.69, 9.17) is 16.3 Å². The van der Waals surface area contributed by atoms with Gasteiger partial charge in [-0.2, -0.15) is 8.42 Å². The number of nitrogens with one attached hydrogen (secondary N) is 1. The molecule has 2 heterocycles. The van der Waals surface area contributed by atoms with Gasteiger partial charge in [-0.05, 0) is 57.4 Å². The Morgan fingerprint density at radius 1 is 1.36 bits per heavy atom. The molecule has 1 unspecified atom stereocenters. The zero-order valence-electron chi connectivity index (χ0n) is 20.5. The van der Waals surface area contributed by atoms with Crippen LogP contribution in [0.5, 0.6) is 5.75 Å². The van der Waals surface area contributed by atoms with Crippen molar-refractivity contribution in [2.75, 3.05) is 11.4 Å². The van der Waals surface area contributed by atoms with E-state index >= 15 is 0 Å². The lowest BCUT2D eigenvalue weighted by atomic mass is 9.97. The zero-order valence-corrected chi connectivity index (χ0v) is 22.0. The molecule has 1 amide bonds. The van der Waals surface area contributed by atoms with Gasteiger partial charge in [-0.25, -0.2) is 19.1 Å². The number of carbonyl (C=O) groups excluding carboxylic acids is 1. The Bertz CT molecular complexity index is 1340. The molecule has 1 aliphatic heterocycles. The molecule has 1 fully saturated rings. The number of aliphatic imine (C=N–C) groups is 1. The minimum absolute atomic E-state index is 0.121. The van der Waals surface area contributed by atoms with Gasteiger partial charge in [0.2, 0.25) is 5.88 Å². The van der Waals surface area contributed by atoms with Crippen molar-refractivity contribution < 1.29 is 22.3 Å². The van der Waals surface area contributed by atoms with Gasteiger partial charge in [-0.15, -0.1) is 0 Å². The molecule has 1 aromatic carbocycles. The number of benzene rings is 1. The molecule has 0 spiro atoms. The van der Waals surface area contributed by atoms with Crippen LogP contribution in [0.1, 0.15) is 44.5 Å². The van der Waals surface area contributed by atoms with Gasteiger partial charge in [0.15, 0.2) is 16.6 Å². The monoisotopic (exact) mass is 534 g/mol. The number of halogens is 2. The van der Waals surface area contributed by atoms with Crippen LogP contribution < -0.4 is 14.4 Å². The molecule has 0 radical (unpaired) electrons. The van der Waals surface area contributed by atoms with E-state index in [2.05, 4.69) is 37.3 Å². The van der Waals surface area contributed by atoms with Crippen molar-refractivity contribution >= 4 is 38.4 Å². The van der Waals surface area contributed by atoms with Gasteiger partial charge < -0.3 is 9.64 Å². The van der Waals surface area contributed by atoms with Crippen molar-refractivity contribution in [2.45, 2.75) is 39.7 Å². The standard InChI is InChI=1S/C25H28ClFN4O4S/c1-6-9-21(35-20-12-7-11-19(26)22(20)27)29-17(3)36(33,34)30-24(32)18-10-8-13-28-23(18)31-15-16(2)14-25(31,4)5/h6-13,16H,1,14-15H2,2-5H3,(H,30,32)/b21-9+,29-17+. The predicted octanol–water partition coefficient (Wildman–Crippen LogP) is 5.08. The number of rotatable bonds is 6. The van der Waals surface area contributed by atoms with E-state index in [-0.39, 0.29) is 27.8 Å². The molecule has 3 rings (SSSR count). The van der Waals surface area contributed by atoms with Crippen molar-refractivity contribution in [3.63, 3.8) is 0 Å². The van der Waals surface area contributed by atoms with Gasteiger partial charge in [-0.3, -0.25) is 4.79 Å². The summed E-state index contributed by atoms with van der Waals surface area (Å²) in [5.41, 5.74) is -0.133. The minimum atomic E-state index is -4.38. The van der Waals surface area contributed by atoms with Crippen LogP contribution >= 0.6 is 11.6 Å². The van der Waals surface area contributed by atoms with Crippen LogP contribution in [-0.4, -0.2) is 36.4 Å². The maximum absolute atomic E-state index is 14.2. The lowest BCUT2D eigenvalue weighted by molar-refractivity contribution is 0.0982. The molecule has 1 atom stereocenters. The van der Waals surface area contributed by atoms with Gasteiger partial charge >= 0.3 is 0 Å². The van der Waals surface area contributed by atoms with Crippen LogP contribution in [0.4, 0.5) is 10.2 Å². The van der Waals surface area contributed by atoms with Crippen LogP contribution in [0.3, 0.4) is 0 Å². The van der Waals surface area contributed by atoms with E-state index in [0.717, 1.165) is 6.42 Å². The van der Waals surface area contributed by atoms with Crippen LogP contribution in [0, 0.1) is 11.7 Å². The number of carbonyl (C=O) groups is 1. The topological polar surface area (TPSA) is 101 Å². The largest absolute Gasteiger partial charge is 0.436 e. The van der Waals surface area contributed by atoms with Crippen molar-refractivity contribution in [1.82, 2.24) is 9.71 Å². The highest BCUT2D eigenvalue weighted by atomic mass is 35.5. The molecule has 36 heavy (non-hydrogen) atoms. The Kier molecular flexibility index (Phi) is 8.20. The Labute approximate surface area is 215 Å². The molecule has 0 aliphatic carbocycles. The number of pyridine rings is 1. The second-order valence-corrected chi connectivity index (χ2v) is 11.3. The summed E-state index contributed by atoms with van der Waals surface area (Å²) in [6.07, 6.45) is 5.00. The van der Waals surface area contributed by atoms with Gasteiger partial charge in [0.05, 0.1) is 10.6 Å². The fourth-order valence-electron chi connectivity index (χ4n) is 4.09. The molecule has 0 saturated carbocycles. The van der Waals surface area contributed by atoms with E-state index in [9.17, 15) is 17.6 Å². The molecule has 1 aliphatic rings. The van der Waals surface area contributed by atoms with E-state index in [0.29, 0.717) is 18.3 Å². The molecule has 1 saturated heterocycles. The summed E-state index contributed by atoms with van der Waals surface area (Å²) in [7, 11) is -4.38. The smallest absolute Gasteiger partial charge is 0.277 e. The molecular weight excluding hydrogens is 507 g/mol. The first-order chi connectivity index (χ1) is 16.9. The van der Waals surface area contributed by atoms with Crippen molar-refractivity contribution in [3.8, 4) is 5.75 Å². The summed E-state index contributed by atoms with van der Waals surface area (Å²) in [6, 6.07) is 7.20. The summed E-state index contributed by atoms with van der Waals surface area (Å²) in [5, 5.41) is -0.652. The third-order valence-corrected chi connectivity index (χ3v) is 7.25. The number of aromatic nitrogens is 1. The van der Waals surface area contributed by atoms with Crippen LogP contribution in [0.25, 0.3) is 0 Å². The first-order valence-corrected chi connectivity index (χ1v) is 13.0. The number of hydrogen-bond donors (Lipinski definition) is 1. The number of hydrogen-bond acceptors (Lipinski definition) is 7. The Morgan fingerprint density at radius 3 is 2.72 bits per heavy atom. The van der Waals surface area contributed by atoms with Crippen LogP contribution in [0.15, 0.2) is 66.1 Å². The lowest BCUT2D eigenvalue weighted by Gasteiger charge is -2.33. The number of nitrogens with zero attached hydrogens (tertiary/aromatic N) is 3. The number of sulfonamides is 1. The zero-order chi connectivity index (χ0) is 26.7. The maximum Gasteiger partial charge on any atom is 0.277 e. The summed E-state index contributed by atoms with van der Waals surface area (Å²) in [5.74, 6) is -1.41. The first-order valence-electron chi connectivity index (χ1n) is 11.2. The van der Waals surface area contributed by atoms with Crippen LogP contribution in [-0.2, 0) is 10.0 Å². The normalized spacial score (nSPS) is 18.2. The van der Waals surface area contributed by atoms with E-state index in [1.807, 2.05) is 9.62 Å². The highest BCUT2D eigenvalue weighted by Crippen LogP contribution is 2.37. The molecule has 8 nitrogen and oxygen atoms in total. The summed E-state index contributed by atoms with van der Waals surface area (Å²) in [6.45, 7) is 11.6. The summed E-state index contributed by atoms with van der Waals surface area (Å²) < 4.78 is 47.5. The molecule has 1 N–H and O–H groups in total. The Morgan fingerprint density at radius 2 is 2.08 bits per heavy atom. The summed E-state index contributed by atoms with van der Waals surface area (Å²) >= 11 is 5.77. The molecule has 1 aromatic heterocycles. The number of ether oxygens (including phenoxy) is 1. The van der Waals surface area contributed by atoms with E-state index in [1.54, 1.807) is 12.3 Å². The van der Waals surface area contributed by atoms with E-state index in [1.165, 1.54) is 43.3 Å². The Balaban J connectivity index is 1.86. The second kappa shape index (κ2) is 10.8. The quantitative estimate of drug-likeness (QED) is 0.240. The minimum Gasteiger partial charge on any atom is -0.436 e. The molecule has 192 valence electrons. The fraction of sp³-hybridized carbons (Fsp3) is 0.320. The molecular formula is C25H28ClFN4O4S. The van der Waals surface area contributed by atoms with Gasteiger partial charge in [0.1, 0.15) is 5.82 Å². The molecule has 0 bridgehead atoms. The number of anilines is 1. The van der Waals surface area contributed by atoms with Gasteiger partial charge in [0, 0.05) is 24.4 Å². The molecule has 2 aromatic rings. The van der Waals surface area contributed by atoms with Crippen molar-refractivity contribution in [3.05, 3.63) is 77.5 Å². The highest BCUT2D eigenvalue weighted by molar-refractivity contribution is 8.05. The molecule has 11 heteroatoms. The lowest BCUT2D eigenvalue weighted by Crippen LogP contribution is -2.41. The third-order valence-electron chi connectivity index (χ3n) is 5.63. The van der Waals surface area contributed by atoms with Gasteiger partial charge in [0.25, 0.3) is 15.9 Å². The average molecular weight is 535 g/mol. The maximum atomic E-state index is 14.2. The second-order valence-electron chi connectivity index (χ2n) is 9.07. The SMILES string of the molecule is C=C/C=C(\N=C(/C)S(=O)(=O)NC(=O)c1cccnc1N1CC(C)CC1(C)C)Oc1cccc(Cl)c1F. The van der Waals surface area contributed by atoms with Crippen LogP contribution in [0.2, 0.25) is 5.02 Å². The first kappa shape index (κ1) is 27.3. The van der Waals surface area contributed by atoms with Crippen molar-refractivity contribution in [2.24, 2.45) is 10.9 Å². The Hall–Kier alpha value is -3.24. The highest BCUT2D eigenvalue weighted by Gasteiger charge is 2.39. The summed E-state index contributed by atoms with van der Waals surface area (Å²) in [4.78, 5) is 23.4. The number of amides is 1. The van der Waals surface area contributed by atoms with Gasteiger partial charge in [-0.1, -0.05) is 37.2 Å². The third kappa shape index (κ3) is 6.11. The average Bonchev–Trinajstić information content (AvgIpc) is 3.08. The predicted molar refractivity (Wildman–Crippen MR) is 139 cm³/mol. The van der Waals surface area contributed by atoms with Crippen molar-refractivity contribution in [1.29, 1.82) is 0 Å². The van der Waals surface area contributed by atoms with E-state index < -0.39 is 26.8 Å².